The molecule has 5 heteroatoms. The molecule has 5 nitrogen and oxygen atoms in total. The van der Waals surface area contributed by atoms with Gasteiger partial charge < -0.3 is 5.73 Å². The fourth-order valence-corrected chi connectivity index (χ4v) is 1.76. The Morgan fingerprint density at radius 3 is 2.53 bits per heavy atom. The lowest BCUT2D eigenvalue weighted by Gasteiger charge is -2.10. The maximum absolute atomic E-state index is 11.9. The summed E-state index contributed by atoms with van der Waals surface area (Å²) in [5, 5.41) is 0. The first kappa shape index (κ1) is 13.5. The topological polar surface area (TPSA) is 70.0 Å². The van der Waals surface area contributed by atoms with Gasteiger partial charge in [-0.25, -0.2) is 4.79 Å². The summed E-state index contributed by atoms with van der Waals surface area (Å²) in [5.41, 5.74) is 5.10. The lowest BCUT2D eigenvalue weighted by Crippen LogP contribution is -2.40. The van der Waals surface area contributed by atoms with Crippen LogP contribution in [0.3, 0.4) is 0 Å². The van der Waals surface area contributed by atoms with E-state index in [1.54, 1.807) is 0 Å². The highest BCUT2D eigenvalue weighted by Gasteiger charge is 2.08. The average molecular weight is 239 g/mol. The van der Waals surface area contributed by atoms with Gasteiger partial charge in [0.1, 0.15) is 5.69 Å². The van der Waals surface area contributed by atoms with Gasteiger partial charge in [0.15, 0.2) is 0 Å². The second-order valence-corrected chi connectivity index (χ2v) is 4.65. The Morgan fingerprint density at radius 1 is 1.35 bits per heavy atom. The van der Waals surface area contributed by atoms with Crippen LogP contribution in [-0.2, 0) is 13.1 Å². The first-order chi connectivity index (χ1) is 7.97. The van der Waals surface area contributed by atoms with Gasteiger partial charge in [-0.15, -0.1) is 0 Å². The number of nitrogens with two attached hydrogens (primary N) is 1. The molecule has 0 unspecified atom stereocenters. The summed E-state index contributed by atoms with van der Waals surface area (Å²) in [5.74, 6) is 0.570. The van der Waals surface area contributed by atoms with Crippen molar-refractivity contribution >= 4 is 5.69 Å². The third-order valence-corrected chi connectivity index (χ3v) is 2.77. The Hall–Kier alpha value is -1.52. The average Bonchev–Trinajstić information content (AvgIpc) is 2.27. The molecule has 17 heavy (non-hydrogen) atoms. The molecular formula is C12H21N3O2. The van der Waals surface area contributed by atoms with E-state index >= 15 is 0 Å². The van der Waals surface area contributed by atoms with Crippen LogP contribution in [-0.4, -0.2) is 9.13 Å². The van der Waals surface area contributed by atoms with Crippen LogP contribution in [0.4, 0.5) is 5.69 Å². The summed E-state index contributed by atoms with van der Waals surface area (Å²) in [4.78, 5) is 23.7. The highest BCUT2D eigenvalue weighted by Crippen LogP contribution is 2.03. The molecular weight excluding hydrogens is 218 g/mol. The number of hydrogen-bond acceptors (Lipinski definition) is 3. The van der Waals surface area contributed by atoms with Gasteiger partial charge >= 0.3 is 5.69 Å². The van der Waals surface area contributed by atoms with Crippen molar-refractivity contribution in [2.24, 2.45) is 5.92 Å². The van der Waals surface area contributed by atoms with Crippen LogP contribution in [0.1, 0.15) is 33.6 Å². The maximum atomic E-state index is 11.9. The number of anilines is 1. The van der Waals surface area contributed by atoms with Gasteiger partial charge in [-0.3, -0.25) is 13.9 Å². The minimum Gasteiger partial charge on any atom is -0.393 e. The van der Waals surface area contributed by atoms with E-state index in [1.807, 2.05) is 6.92 Å². The van der Waals surface area contributed by atoms with Crippen LogP contribution >= 0.6 is 0 Å². The zero-order valence-corrected chi connectivity index (χ0v) is 10.8. The van der Waals surface area contributed by atoms with Crippen LogP contribution in [0, 0.1) is 5.92 Å². The van der Waals surface area contributed by atoms with E-state index in [0.717, 1.165) is 12.8 Å². The van der Waals surface area contributed by atoms with Crippen molar-refractivity contribution < 1.29 is 0 Å². The molecule has 0 radical (unpaired) electrons. The quantitative estimate of drug-likeness (QED) is 0.835. The van der Waals surface area contributed by atoms with E-state index in [9.17, 15) is 9.59 Å². The number of rotatable bonds is 5. The maximum Gasteiger partial charge on any atom is 0.331 e. The van der Waals surface area contributed by atoms with Gasteiger partial charge in [0.25, 0.3) is 5.56 Å². The summed E-state index contributed by atoms with van der Waals surface area (Å²) in [6.45, 7) is 7.05. The summed E-state index contributed by atoms with van der Waals surface area (Å²) in [7, 11) is 0. The van der Waals surface area contributed by atoms with Gasteiger partial charge in [-0.05, 0) is 25.7 Å². The number of aryl methyl sites for hydroxylation is 1. The Balaban J connectivity index is 3.01. The molecule has 0 saturated heterocycles. The van der Waals surface area contributed by atoms with E-state index in [4.69, 9.17) is 5.73 Å². The Kier molecular flexibility index (Phi) is 4.54. The minimum absolute atomic E-state index is 0.135. The molecule has 0 aromatic carbocycles. The highest BCUT2D eigenvalue weighted by molar-refractivity contribution is 5.30. The Bertz CT molecular complexity index is 486. The van der Waals surface area contributed by atoms with Crippen LogP contribution in [0.5, 0.6) is 0 Å². The first-order valence-corrected chi connectivity index (χ1v) is 6.07. The zero-order valence-electron chi connectivity index (χ0n) is 10.8. The Labute approximate surface area is 101 Å². The van der Waals surface area contributed by atoms with Gasteiger partial charge in [-0.2, -0.15) is 0 Å². The lowest BCUT2D eigenvalue weighted by molar-refractivity contribution is 0.483. The molecule has 1 aromatic rings. The van der Waals surface area contributed by atoms with Crippen molar-refractivity contribution in [2.45, 2.75) is 46.7 Å². The molecule has 0 amide bonds. The van der Waals surface area contributed by atoms with Crippen molar-refractivity contribution in [1.29, 1.82) is 0 Å². The third kappa shape index (κ3) is 3.22. The van der Waals surface area contributed by atoms with Crippen LogP contribution in [0.25, 0.3) is 0 Å². The molecule has 0 atom stereocenters. The standard InChI is InChI=1S/C12H21N3O2/c1-4-14-8-10(13)11(16)15(12(14)17)7-5-6-9(2)3/h8-9H,4-7,13H2,1-3H3. The Morgan fingerprint density at radius 2 is 2.00 bits per heavy atom. The number of nitrogens with zero attached hydrogens (tertiary/aromatic N) is 2. The highest BCUT2D eigenvalue weighted by atomic mass is 16.2. The number of hydrogen-bond donors (Lipinski definition) is 1. The van der Waals surface area contributed by atoms with Gasteiger partial charge in [0.2, 0.25) is 0 Å². The predicted molar refractivity (Wildman–Crippen MR) is 69.1 cm³/mol. The molecule has 0 fully saturated rings. The molecule has 0 spiro atoms. The third-order valence-electron chi connectivity index (χ3n) is 2.77. The number of aromatic nitrogens is 2. The summed E-state index contributed by atoms with van der Waals surface area (Å²) in [6, 6.07) is 0. The monoisotopic (exact) mass is 239 g/mol. The SMILES string of the molecule is CCn1cc(N)c(=O)n(CCCC(C)C)c1=O. The summed E-state index contributed by atoms with van der Waals surface area (Å²) in [6.07, 6.45) is 3.23. The molecule has 1 heterocycles. The summed E-state index contributed by atoms with van der Waals surface area (Å²) < 4.78 is 2.70. The molecule has 1 rings (SSSR count). The fraction of sp³-hybridized carbons (Fsp3) is 0.667. The molecule has 2 N–H and O–H groups in total. The van der Waals surface area contributed by atoms with E-state index in [0.29, 0.717) is 19.0 Å². The lowest BCUT2D eigenvalue weighted by atomic mass is 10.1. The molecule has 1 aromatic heterocycles. The van der Waals surface area contributed by atoms with Crippen LogP contribution in [0.15, 0.2) is 15.8 Å². The molecule has 0 aliphatic heterocycles. The van der Waals surface area contributed by atoms with Crippen LogP contribution in [0.2, 0.25) is 0 Å². The zero-order chi connectivity index (χ0) is 13.0. The second-order valence-electron chi connectivity index (χ2n) is 4.65. The van der Waals surface area contributed by atoms with E-state index < -0.39 is 0 Å². The van der Waals surface area contributed by atoms with Crippen molar-refractivity contribution in [2.75, 3.05) is 5.73 Å². The molecule has 96 valence electrons. The van der Waals surface area contributed by atoms with Crippen molar-refractivity contribution in [3.8, 4) is 0 Å². The molecule has 0 aliphatic carbocycles. The van der Waals surface area contributed by atoms with Gasteiger partial charge in [0.05, 0.1) is 0 Å². The van der Waals surface area contributed by atoms with Crippen molar-refractivity contribution in [3.05, 3.63) is 27.0 Å². The normalized spacial score (nSPS) is 11.1. The van der Waals surface area contributed by atoms with Crippen molar-refractivity contribution in [1.82, 2.24) is 9.13 Å². The smallest absolute Gasteiger partial charge is 0.331 e. The van der Waals surface area contributed by atoms with E-state index in [-0.39, 0.29) is 16.9 Å². The fourth-order valence-electron chi connectivity index (χ4n) is 1.76. The predicted octanol–water partition coefficient (Wildman–Crippen LogP) is 1.05. The number of nitrogen functional groups attached to an aromatic ring is 1. The van der Waals surface area contributed by atoms with Gasteiger partial charge in [0, 0.05) is 19.3 Å². The van der Waals surface area contributed by atoms with Crippen LogP contribution < -0.4 is 17.0 Å². The molecule has 0 saturated carbocycles. The molecule has 0 aliphatic rings. The van der Waals surface area contributed by atoms with Crippen molar-refractivity contribution in [3.63, 3.8) is 0 Å². The second kappa shape index (κ2) is 5.70. The van der Waals surface area contributed by atoms with E-state index in [1.165, 1.54) is 15.3 Å². The summed E-state index contributed by atoms with van der Waals surface area (Å²) >= 11 is 0. The largest absolute Gasteiger partial charge is 0.393 e. The minimum atomic E-state index is -0.372. The first-order valence-electron chi connectivity index (χ1n) is 6.07. The van der Waals surface area contributed by atoms with E-state index in [2.05, 4.69) is 13.8 Å². The van der Waals surface area contributed by atoms with Gasteiger partial charge in [-0.1, -0.05) is 13.8 Å². The molecule has 0 bridgehead atoms.